The average Bonchev–Trinajstić information content (AvgIpc) is 2.91. The van der Waals surface area contributed by atoms with E-state index in [1.54, 1.807) is 11.1 Å². The molecule has 1 aliphatic heterocycles. The predicted octanol–water partition coefficient (Wildman–Crippen LogP) is 7.24. The average molecular weight is 399 g/mol. The second-order valence-corrected chi connectivity index (χ2v) is 10.2. The van der Waals surface area contributed by atoms with E-state index in [1.165, 1.54) is 71.7 Å². The van der Waals surface area contributed by atoms with Crippen LogP contribution in [0.3, 0.4) is 0 Å². The van der Waals surface area contributed by atoms with Gasteiger partial charge in [0.1, 0.15) is 6.54 Å². The Hall–Kier alpha value is -2.15. The molecule has 1 heteroatoms. The van der Waals surface area contributed by atoms with Crippen molar-refractivity contribution in [2.45, 2.75) is 90.5 Å². The van der Waals surface area contributed by atoms with Crippen molar-refractivity contribution in [1.29, 1.82) is 0 Å². The lowest BCUT2D eigenvalue weighted by atomic mass is 9.64. The van der Waals surface area contributed by atoms with Crippen molar-refractivity contribution in [3.05, 3.63) is 64.8 Å². The van der Waals surface area contributed by atoms with Crippen LogP contribution in [0.5, 0.6) is 0 Å². The number of hydrogen-bond acceptors (Lipinski definition) is 0. The quantitative estimate of drug-likeness (QED) is 0.399. The highest BCUT2D eigenvalue weighted by molar-refractivity contribution is 6.01. The summed E-state index contributed by atoms with van der Waals surface area (Å²) in [5, 5.41) is 2.93. The zero-order valence-corrected chi connectivity index (χ0v) is 19.4. The highest BCUT2D eigenvalue weighted by Gasteiger charge is 2.45. The van der Waals surface area contributed by atoms with E-state index in [4.69, 9.17) is 0 Å². The molecule has 0 atom stereocenters. The lowest BCUT2D eigenvalue weighted by Gasteiger charge is -2.37. The Morgan fingerprint density at radius 2 is 1.70 bits per heavy atom. The maximum Gasteiger partial charge on any atom is 0.221 e. The molecule has 1 aromatic heterocycles. The number of benzene rings is 2. The van der Waals surface area contributed by atoms with Gasteiger partial charge in [0.25, 0.3) is 0 Å². The Balaban J connectivity index is 1.91. The van der Waals surface area contributed by atoms with Gasteiger partial charge in [0.2, 0.25) is 5.69 Å². The number of rotatable bonds is 5. The minimum absolute atomic E-state index is 0.0234. The fourth-order valence-electron chi connectivity index (χ4n) is 6.35. The minimum Gasteiger partial charge on any atom is -0.198 e. The molecule has 0 N–H and O–H groups in total. The molecule has 30 heavy (non-hydrogen) atoms. The summed E-state index contributed by atoms with van der Waals surface area (Å²) in [6, 6.07) is 14.6. The zero-order chi connectivity index (χ0) is 21.1. The van der Waals surface area contributed by atoms with E-state index in [-0.39, 0.29) is 10.8 Å². The normalized spacial score (nSPS) is 17.8. The molecule has 0 saturated carbocycles. The van der Waals surface area contributed by atoms with Crippen LogP contribution < -0.4 is 4.57 Å². The molecule has 0 unspecified atom stereocenters. The van der Waals surface area contributed by atoms with E-state index in [0.29, 0.717) is 0 Å². The van der Waals surface area contributed by atoms with E-state index in [9.17, 15) is 0 Å². The van der Waals surface area contributed by atoms with E-state index >= 15 is 0 Å². The molecular weight excluding hydrogens is 362 g/mol. The first-order chi connectivity index (χ1) is 14.5. The van der Waals surface area contributed by atoms with Crippen molar-refractivity contribution in [3.63, 3.8) is 0 Å². The van der Waals surface area contributed by atoms with E-state index in [1.807, 2.05) is 0 Å². The smallest absolute Gasteiger partial charge is 0.198 e. The van der Waals surface area contributed by atoms with Crippen LogP contribution >= 0.6 is 0 Å². The molecule has 2 aliphatic rings. The molecule has 0 bridgehead atoms. The minimum atomic E-state index is 0.0234. The molecular formula is C29H36N+. The Labute approximate surface area is 182 Å². The Morgan fingerprint density at radius 3 is 2.43 bits per heavy atom. The fraction of sp³-hybridized carbons (Fsp3) is 0.483. The maximum atomic E-state index is 2.57. The first-order valence-corrected chi connectivity index (χ1v) is 12.1. The Kier molecular flexibility index (Phi) is 4.58. The molecule has 3 aromatic rings. The molecule has 5 rings (SSSR count). The third-order valence-corrected chi connectivity index (χ3v) is 8.41. The summed E-state index contributed by atoms with van der Waals surface area (Å²) in [6.07, 6.45) is 9.71. The van der Waals surface area contributed by atoms with Crippen LogP contribution in [-0.4, -0.2) is 0 Å². The lowest BCUT2D eigenvalue weighted by Crippen LogP contribution is -2.39. The van der Waals surface area contributed by atoms with Gasteiger partial charge in [0.15, 0.2) is 6.20 Å². The number of unbranched alkanes of at least 4 members (excludes halogenated alkanes) is 1. The molecule has 0 fully saturated rings. The predicted molar refractivity (Wildman–Crippen MR) is 127 cm³/mol. The van der Waals surface area contributed by atoms with Crippen molar-refractivity contribution in [1.82, 2.24) is 0 Å². The van der Waals surface area contributed by atoms with Crippen molar-refractivity contribution in [2.75, 3.05) is 0 Å². The molecule has 2 heterocycles. The molecule has 0 saturated heterocycles. The maximum absolute atomic E-state index is 2.57. The van der Waals surface area contributed by atoms with Crippen LogP contribution in [0.2, 0.25) is 0 Å². The van der Waals surface area contributed by atoms with E-state index in [2.05, 4.69) is 81.8 Å². The molecule has 1 aliphatic carbocycles. The first-order valence-electron chi connectivity index (χ1n) is 12.1. The number of hydrogen-bond donors (Lipinski definition) is 0. The summed E-state index contributed by atoms with van der Waals surface area (Å²) < 4.78 is 2.57. The van der Waals surface area contributed by atoms with Crippen molar-refractivity contribution in [2.24, 2.45) is 0 Å². The SMILES string of the molecule is CCCCc1cc2c3c4[n+](ccc3c1)CCC(CC)(CC)c1cccc(c1-4)C2(C)C. The zero-order valence-electron chi connectivity index (χ0n) is 19.4. The third-order valence-electron chi connectivity index (χ3n) is 8.41. The number of nitrogens with zero attached hydrogens (tertiary/aromatic N) is 1. The molecule has 0 spiro atoms. The van der Waals surface area contributed by atoms with Gasteiger partial charge in [-0.3, -0.25) is 0 Å². The van der Waals surface area contributed by atoms with Crippen LogP contribution in [-0.2, 0) is 23.8 Å². The highest BCUT2D eigenvalue weighted by atomic mass is 15.0. The third kappa shape index (κ3) is 2.57. The summed E-state index contributed by atoms with van der Waals surface area (Å²) in [5.74, 6) is 0. The van der Waals surface area contributed by atoms with Crippen molar-refractivity contribution >= 4 is 10.8 Å². The summed E-state index contributed by atoms with van der Waals surface area (Å²) in [6.45, 7) is 13.1. The standard InChI is InChI=1S/C29H36N/c1-6-9-11-20-18-21-14-16-30-17-15-29(7-2,8-3)23-13-10-12-22-26(23)27(30)25(21)24(19-20)28(22,4)5/h10,12-14,16,18-19H,6-9,11,15,17H2,1-5H3/q+1. The van der Waals surface area contributed by atoms with Gasteiger partial charge < -0.3 is 0 Å². The second-order valence-electron chi connectivity index (χ2n) is 10.2. The van der Waals surface area contributed by atoms with Gasteiger partial charge in [-0.05, 0) is 53.3 Å². The van der Waals surface area contributed by atoms with E-state index < -0.39 is 0 Å². The number of aryl methyl sites for hydroxylation is 2. The van der Waals surface area contributed by atoms with Gasteiger partial charge in [0, 0.05) is 23.3 Å². The van der Waals surface area contributed by atoms with Crippen molar-refractivity contribution < 1.29 is 4.57 Å². The number of pyridine rings is 1. The summed E-state index contributed by atoms with van der Waals surface area (Å²) in [4.78, 5) is 0. The van der Waals surface area contributed by atoms with Gasteiger partial charge in [0.05, 0.1) is 10.9 Å². The van der Waals surface area contributed by atoms with Gasteiger partial charge in [-0.25, -0.2) is 0 Å². The molecule has 0 radical (unpaired) electrons. The van der Waals surface area contributed by atoms with Crippen LogP contribution in [0.25, 0.3) is 22.0 Å². The monoisotopic (exact) mass is 398 g/mol. The van der Waals surface area contributed by atoms with Crippen LogP contribution in [0.1, 0.15) is 89.0 Å². The van der Waals surface area contributed by atoms with Gasteiger partial charge in [-0.15, -0.1) is 0 Å². The molecule has 156 valence electrons. The molecule has 1 nitrogen and oxygen atoms in total. The summed E-state index contributed by atoms with van der Waals surface area (Å²) in [7, 11) is 0. The fourth-order valence-corrected chi connectivity index (χ4v) is 6.35. The number of aromatic nitrogens is 1. The lowest BCUT2D eigenvalue weighted by molar-refractivity contribution is -0.685. The first kappa shape index (κ1) is 19.8. The Morgan fingerprint density at radius 1 is 0.933 bits per heavy atom. The van der Waals surface area contributed by atoms with Crippen LogP contribution in [0.15, 0.2) is 42.6 Å². The largest absolute Gasteiger partial charge is 0.221 e. The van der Waals surface area contributed by atoms with Crippen molar-refractivity contribution in [3.8, 4) is 11.3 Å². The summed E-state index contributed by atoms with van der Waals surface area (Å²) in [5.41, 5.74) is 9.48. The van der Waals surface area contributed by atoms with Crippen LogP contribution in [0, 0.1) is 0 Å². The van der Waals surface area contributed by atoms with Gasteiger partial charge in [-0.1, -0.05) is 71.4 Å². The second kappa shape index (κ2) is 6.94. The molecule has 2 aromatic carbocycles. The topological polar surface area (TPSA) is 3.88 Å². The van der Waals surface area contributed by atoms with Gasteiger partial charge in [-0.2, -0.15) is 4.57 Å². The Bertz CT molecular complexity index is 1130. The molecule has 0 amide bonds. The highest BCUT2D eigenvalue weighted by Crippen LogP contribution is 2.53. The van der Waals surface area contributed by atoms with Gasteiger partial charge >= 0.3 is 0 Å². The summed E-state index contributed by atoms with van der Waals surface area (Å²) >= 11 is 0. The van der Waals surface area contributed by atoms with E-state index in [0.717, 1.165) is 6.54 Å². The van der Waals surface area contributed by atoms with Crippen LogP contribution in [0.4, 0.5) is 0 Å².